The quantitative estimate of drug-likeness (QED) is 0.366. The number of nitrogens with two attached hydrogens (primary N) is 2. The lowest BCUT2D eigenvalue weighted by molar-refractivity contribution is 0.100. The lowest BCUT2D eigenvalue weighted by Crippen LogP contribution is -2.27. The van der Waals surface area contributed by atoms with Gasteiger partial charge in [-0.1, -0.05) is 25.3 Å². The molecule has 1 saturated carbocycles. The van der Waals surface area contributed by atoms with Crippen LogP contribution in [0.1, 0.15) is 42.5 Å². The van der Waals surface area contributed by atoms with E-state index in [0.717, 1.165) is 24.8 Å². The lowest BCUT2D eigenvalue weighted by atomic mass is 9.96. The molecule has 0 heterocycles. The molecule has 0 aromatic heterocycles. The van der Waals surface area contributed by atoms with Crippen LogP contribution in [0.2, 0.25) is 0 Å². The van der Waals surface area contributed by atoms with E-state index in [-0.39, 0.29) is 23.6 Å². The van der Waals surface area contributed by atoms with Gasteiger partial charge in [0.1, 0.15) is 0 Å². The summed E-state index contributed by atoms with van der Waals surface area (Å²) in [6.45, 7) is 0. The number of nitrogens with one attached hydrogen (secondary N) is 2. The summed E-state index contributed by atoms with van der Waals surface area (Å²) in [5.74, 6) is -0.842. The Morgan fingerprint density at radius 3 is 2.54 bits per heavy atom. The minimum absolute atomic E-state index is 0. The molecule has 1 aromatic carbocycles. The molecular weight excluding hydrogens is 350 g/mol. The Bertz CT molecular complexity index is 601. The molecule has 24 heavy (non-hydrogen) atoms. The van der Waals surface area contributed by atoms with Crippen LogP contribution in [0.3, 0.4) is 0 Å². The molecule has 1 aliphatic rings. The van der Waals surface area contributed by atoms with Crippen molar-refractivity contribution in [2.24, 2.45) is 16.5 Å². The number of benzene rings is 1. The number of hydrogen-bond acceptors (Lipinski definition) is 4. The first-order valence-corrected chi connectivity index (χ1v) is 8.33. The number of carbonyl (C=O) groups excluding carboxylic acids is 2. The lowest BCUT2D eigenvalue weighted by Gasteiger charge is -2.21. The maximum absolute atomic E-state index is 12.0. The molecule has 2 amide bonds. The third kappa shape index (κ3) is 6.77. The van der Waals surface area contributed by atoms with Crippen molar-refractivity contribution < 1.29 is 9.59 Å². The highest BCUT2D eigenvalue weighted by molar-refractivity contribution is 8.12. The minimum Gasteiger partial charge on any atom is -0.370 e. The second-order valence-corrected chi connectivity index (χ2v) is 6.20. The van der Waals surface area contributed by atoms with Gasteiger partial charge in [0.25, 0.3) is 11.1 Å². The maximum atomic E-state index is 12.0. The molecule has 9 heteroatoms. The fraction of sp³-hybridized carbons (Fsp3) is 0.400. The van der Waals surface area contributed by atoms with Crippen LogP contribution in [0.5, 0.6) is 0 Å². The topological polar surface area (TPSA) is 123 Å². The molecule has 6 N–H and O–H groups in total. The zero-order valence-corrected chi connectivity index (χ0v) is 14.8. The van der Waals surface area contributed by atoms with Gasteiger partial charge in [0.05, 0.1) is 0 Å². The highest BCUT2D eigenvalue weighted by Crippen LogP contribution is 2.20. The molecule has 0 spiro atoms. The maximum Gasteiger partial charge on any atom is 0.298 e. The van der Waals surface area contributed by atoms with E-state index in [1.54, 1.807) is 18.2 Å². The number of guanidine groups is 1. The number of carbonyl (C=O) groups is 2. The van der Waals surface area contributed by atoms with Gasteiger partial charge in [0.2, 0.25) is 0 Å². The van der Waals surface area contributed by atoms with Crippen molar-refractivity contribution in [3.05, 3.63) is 29.8 Å². The van der Waals surface area contributed by atoms with Crippen LogP contribution in [0, 0.1) is 0 Å². The molecule has 0 aliphatic heterocycles. The Labute approximate surface area is 151 Å². The van der Waals surface area contributed by atoms with Gasteiger partial charge in [-0.3, -0.25) is 14.3 Å². The highest BCUT2D eigenvalue weighted by atomic mass is 35.5. The predicted molar refractivity (Wildman–Crippen MR) is 100 cm³/mol. The molecule has 0 unspecified atom stereocenters. The second kappa shape index (κ2) is 10.2. The summed E-state index contributed by atoms with van der Waals surface area (Å²) in [6, 6.07) is 6.86. The number of nitrogens with zero attached hydrogens (tertiary/aromatic N) is 1. The second-order valence-electron chi connectivity index (χ2n) is 5.39. The highest BCUT2D eigenvalue weighted by Gasteiger charge is 2.15. The summed E-state index contributed by atoms with van der Waals surface area (Å²) in [5, 5.41) is 2.51. The average Bonchev–Trinajstić information content (AvgIpc) is 2.53. The fourth-order valence-electron chi connectivity index (χ4n) is 2.41. The third-order valence-corrected chi connectivity index (χ3v) is 4.25. The molecule has 0 atom stereocenters. The molecule has 1 fully saturated rings. The third-order valence-electron chi connectivity index (χ3n) is 3.51. The zero-order chi connectivity index (χ0) is 16.7. The van der Waals surface area contributed by atoms with Crippen molar-refractivity contribution in [1.82, 2.24) is 4.72 Å². The van der Waals surface area contributed by atoms with Crippen LogP contribution in [0.4, 0.5) is 10.5 Å². The first-order chi connectivity index (χ1) is 11.0. The van der Waals surface area contributed by atoms with Crippen LogP contribution in [0.25, 0.3) is 0 Å². The van der Waals surface area contributed by atoms with Crippen molar-refractivity contribution in [2.75, 3.05) is 5.32 Å². The smallest absolute Gasteiger partial charge is 0.298 e. The summed E-state index contributed by atoms with van der Waals surface area (Å²) < 4.78 is 3.19. The number of hydrogen-bond donors (Lipinski definition) is 4. The van der Waals surface area contributed by atoms with Crippen LogP contribution in [0.15, 0.2) is 29.3 Å². The molecule has 132 valence electrons. The van der Waals surface area contributed by atoms with Crippen LogP contribution >= 0.6 is 24.4 Å². The van der Waals surface area contributed by atoms with Gasteiger partial charge in [-0.15, -0.1) is 12.4 Å². The van der Waals surface area contributed by atoms with Crippen molar-refractivity contribution in [1.29, 1.82) is 0 Å². The first-order valence-electron chi connectivity index (χ1n) is 7.52. The normalized spacial score (nSPS) is 14.3. The predicted octanol–water partition coefficient (Wildman–Crippen LogP) is 2.62. The number of halogens is 1. The number of anilines is 1. The minimum atomic E-state index is -0.547. The van der Waals surface area contributed by atoms with E-state index in [0.29, 0.717) is 17.3 Å². The van der Waals surface area contributed by atoms with Gasteiger partial charge in [0, 0.05) is 29.2 Å². The summed E-state index contributed by atoms with van der Waals surface area (Å²) in [5.41, 5.74) is 11.2. The van der Waals surface area contributed by atoms with Gasteiger partial charge in [-0.05, 0) is 31.0 Å². The van der Waals surface area contributed by atoms with Crippen LogP contribution in [-0.4, -0.2) is 23.1 Å². The first kappa shape index (κ1) is 20.3. The standard InChI is InChI=1S/C15H21N5O2S.ClH/c16-14(17)19-13(21)10-5-4-8-12(9-10)18-15(22)23-20-11-6-2-1-3-7-11;/h4-5,8-9,11,20H,1-3,6-7H2,(H,18,22)(H4,16,17,19,21);1H. The monoisotopic (exact) mass is 371 g/mol. The van der Waals surface area contributed by atoms with Gasteiger partial charge < -0.3 is 16.8 Å². The van der Waals surface area contributed by atoms with E-state index in [1.807, 2.05) is 0 Å². The Kier molecular flexibility index (Phi) is 8.59. The van der Waals surface area contributed by atoms with E-state index in [4.69, 9.17) is 11.5 Å². The van der Waals surface area contributed by atoms with Crippen LogP contribution in [-0.2, 0) is 0 Å². The van der Waals surface area contributed by atoms with Gasteiger partial charge in [-0.2, -0.15) is 4.99 Å². The Balaban J connectivity index is 0.00000288. The van der Waals surface area contributed by atoms with Crippen molar-refractivity contribution in [2.45, 2.75) is 38.1 Å². The van der Waals surface area contributed by atoms with E-state index in [1.165, 1.54) is 25.3 Å². The van der Waals surface area contributed by atoms with Crippen molar-refractivity contribution in [3.8, 4) is 0 Å². The van der Waals surface area contributed by atoms with Gasteiger partial charge >= 0.3 is 0 Å². The largest absolute Gasteiger partial charge is 0.370 e. The number of amides is 2. The summed E-state index contributed by atoms with van der Waals surface area (Å²) in [4.78, 5) is 27.2. The summed E-state index contributed by atoms with van der Waals surface area (Å²) in [6.07, 6.45) is 5.88. The Morgan fingerprint density at radius 1 is 1.17 bits per heavy atom. The zero-order valence-electron chi connectivity index (χ0n) is 13.2. The number of rotatable bonds is 4. The van der Waals surface area contributed by atoms with Crippen molar-refractivity contribution in [3.63, 3.8) is 0 Å². The average molecular weight is 372 g/mol. The van der Waals surface area contributed by atoms with E-state index < -0.39 is 5.91 Å². The molecule has 2 rings (SSSR count). The van der Waals surface area contributed by atoms with E-state index >= 15 is 0 Å². The number of aliphatic imine (C=N–C) groups is 1. The molecule has 1 aliphatic carbocycles. The van der Waals surface area contributed by atoms with E-state index in [2.05, 4.69) is 15.0 Å². The summed E-state index contributed by atoms with van der Waals surface area (Å²) in [7, 11) is 0. The van der Waals surface area contributed by atoms with E-state index in [9.17, 15) is 9.59 Å². The Hall–Kier alpha value is -1.77. The summed E-state index contributed by atoms with van der Waals surface area (Å²) >= 11 is 1.05. The van der Waals surface area contributed by atoms with Crippen molar-refractivity contribution >= 4 is 47.1 Å². The Morgan fingerprint density at radius 2 is 1.88 bits per heavy atom. The fourth-order valence-corrected chi connectivity index (χ4v) is 3.09. The SMILES string of the molecule is Cl.NC(N)=NC(=O)c1cccc(NC(=O)SNC2CCCCC2)c1. The molecule has 0 radical (unpaired) electrons. The molecular formula is C15H22ClN5O2S. The molecule has 1 aromatic rings. The van der Waals surface area contributed by atoms with Gasteiger partial charge in [-0.25, -0.2) is 0 Å². The van der Waals surface area contributed by atoms with Crippen LogP contribution < -0.4 is 21.5 Å². The molecule has 7 nitrogen and oxygen atoms in total. The molecule has 0 saturated heterocycles. The molecule has 0 bridgehead atoms. The van der Waals surface area contributed by atoms with Gasteiger partial charge in [0.15, 0.2) is 5.96 Å².